The van der Waals surface area contributed by atoms with E-state index in [0.717, 1.165) is 0 Å². The molecule has 0 atom stereocenters. The molecule has 2 aromatic carbocycles. The van der Waals surface area contributed by atoms with Crippen molar-refractivity contribution in [3.8, 4) is 11.5 Å². The van der Waals surface area contributed by atoms with E-state index in [2.05, 4.69) is 13.2 Å². The van der Waals surface area contributed by atoms with Gasteiger partial charge in [-0.2, -0.15) is 4.57 Å². The minimum Gasteiger partial charge on any atom is -0.386 e. The van der Waals surface area contributed by atoms with Gasteiger partial charge in [-0.1, -0.05) is 49.6 Å². The second-order valence-electron chi connectivity index (χ2n) is 4.55. The number of allylic oxidation sites excluding steroid dienone is 1. The Labute approximate surface area is 130 Å². The molecule has 0 bridgehead atoms. The maximum absolute atomic E-state index is 12.9. The summed E-state index contributed by atoms with van der Waals surface area (Å²) >= 11 is 0. The summed E-state index contributed by atoms with van der Waals surface area (Å²) in [6.45, 7) is 9.06. The zero-order valence-electron chi connectivity index (χ0n) is 12.3. The monoisotopic (exact) mass is 316 g/mol. The first kappa shape index (κ1) is 15.9. The van der Waals surface area contributed by atoms with E-state index in [9.17, 15) is 4.57 Å². The summed E-state index contributed by atoms with van der Waals surface area (Å²) in [6, 6.07) is 17.3. The Kier molecular flexibility index (Phi) is 5.08. The van der Waals surface area contributed by atoms with Gasteiger partial charge in [0.2, 0.25) is 0 Å². The third-order valence-corrected chi connectivity index (χ3v) is 3.93. The molecule has 2 rings (SSSR count). The Balaban J connectivity index is 2.25. The summed E-state index contributed by atoms with van der Waals surface area (Å²) in [6.07, 6.45) is 0. The number of rotatable bonds is 7. The van der Waals surface area contributed by atoms with Crippen LogP contribution in [0.5, 0.6) is 11.5 Å². The van der Waals surface area contributed by atoms with Crippen LogP contribution in [-0.2, 0) is 9.09 Å². The molecule has 0 heterocycles. The second kappa shape index (κ2) is 7.01. The van der Waals surface area contributed by atoms with Crippen molar-refractivity contribution in [3.63, 3.8) is 0 Å². The lowest BCUT2D eigenvalue weighted by Crippen LogP contribution is -2.05. The molecular formula is C17H17O4P. The number of para-hydroxylation sites is 2. The number of hydrogen-bond donors (Lipinski definition) is 0. The third kappa shape index (κ3) is 4.54. The third-order valence-electron chi connectivity index (χ3n) is 2.62. The summed E-state index contributed by atoms with van der Waals surface area (Å²) in [5.41, 5.74) is 0.536. The maximum atomic E-state index is 12.9. The highest BCUT2D eigenvalue weighted by Crippen LogP contribution is 2.51. The molecule has 22 heavy (non-hydrogen) atoms. The van der Waals surface area contributed by atoms with Crippen LogP contribution in [0.1, 0.15) is 6.92 Å². The van der Waals surface area contributed by atoms with Crippen LogP contribution in [0.3, 0.4) is 0 Å². The van der Waals surface area contributed by atoms with Gasteiger partial charge in [0.15, 0.2) is 0 Å². The molecule has 0 saturated carbocycles. The summed E-state index contributed by atoms with van der Waals surface area (Å²) in [5, 5.41) is 0. The van der Waals surface area contributed by atoms with Gasteiger partial charge in [0.05, 0.1) is 0 Å². The second-order valence-corrected chi connectivity index (χ2v) is 5.99. The average molecular weight is 316 g/mol. The molecule has 0 aromatic heterocycles. The van der Waals surface area contributed by atoms with Crippen LogP contribution in [-0.4, -0.2) is 0 Å². The van der Waals surface area contributed by atoms with Crippen molar-refractivity contribution in [2.45, 2.75) is 6.92 Å². The maximum Gasteiger partial charge on any atom is 0.647 e. The summed E-state index contributed by atoms with van der Waals surface area (Å²) in [7, 11) is -3.93. The van der Waals surface area contributed by atoms with Crippen molar-refractivity contribution >= 4 is 7.82 Å². The van der Waals surface area contributed by atoms with Crippen LogP contribution in [0.4, 0.5) is 0 Å². The van der Waals surface area contributed by atoms with Crippen LogP contribution in [0.25, 0.3) is 0 Å². The number of phosphoric ester groups is 1. The highest BCUT2D eigenvalue weighted by molar-refractivity contribution is 7.49. The highest BCUT2D eigenvalue weighted by atomic mass is 31.2. The Morgan fingerprint density at radius 2 is 1.27 bits per heavy atom. The number of hydrogen-bond acceptors (Lipinski definition) is 4. The van der Waals surface area contributed by atoms with E-state index in [4.69, 9.17) is 13.6 Å². The molecule has 0 aliphatic heterocycles. The van der Waals surface area contributed by atoms with Crippen molar-refractivity contribution in [1.82, 2.24) is 0 Å². The Hall–Kier alpha value is -2.45. The molecule has 0 amide bonds. The summed E-state index contributed by atoms with van der Waals surface area (Å²) in [5.74, 6) is 0.891. The van der Waals surface area contributed by atoms with Gasteiger partial charge in [0.25, 0.3) is 0 Å². The molecule has 0 aliphatic carbocycles. The van der Waals surface area contributed by atoms with Gasteiger partial charge in [-0.3, -0.25) is 0 Å². The van der Waals surface area contributed by atoms with E-state index in [1.807, 2.05) is 12.1 Å². The zero-order chi connectivity index (χ0) is 16.0. The van der Waals surface area contributed by atoms with Crippen molar-refractivity contribution in [2.75, 3.05) is 0 Å². The van der Waals surface area contributed by atoms with Crippen molar-refractivity contribution in [2.24, 2.45) is 0 Å². The Morgan fingerprint density at radius 1 is 0.864 bits per heavy atom. The van der Waals surface area contributed by atoms with Crippen LogP contribution >= 0.6 is 7.82 Å². The van der Waals surface area contributed by atoms with Crippen LogP contribution in [0.15, 0.2) is 85.2 Å². The van der Waals surface area contributed by atoms with Gasteiger partial charge in [-0.25, -0.2) is 0 Å². The predicted octanol–water partition coefficient (Wildman–Crippen LogP) is 5.36. The smallest absolute Gasteiger partial charge is 0.386 e. The fraction of sp³-hybridized carbons (Fsp3) is 0.0588. The van der Waals surface area contributed by atoms with E-state index < -0.39 is 7.82 Å². The van der Waals surface area contributed by atoms with E-state index in [1.54, 1.807) is 55.5 Å². The molecular weight excluding hydrogens is 299 g/mol. The van der Waals surface area contributed by atoms with E-state index in [-0.39, 0.29) is 5.76 Å². The molecule has 0 unspecified atom stereocenters. The van der Waals surface area contributed by atoms with Crippen LogP contribution in [0, 0.1) is 0 Å². The van der Waals surface area contributed by atoms with Gasteiger partial charge < -0.3 is 13.6 Å². The quantitative estimate of drug-likeness (QED) is 0.392. The largest absolute Gasteiger partial charge is 0.647 e. The summed E-state index contributed by atoms with van der Waals surface area (Å²) in [4.78, 5) is 0. The summed E-state index contributed by atoms with van der Waals surface area (Å²) < 4.78 is 29.1. The molecule has 0 radical (unpaired) electrons. The van der Waals surface area contributed by atoms with Crippen molar-refractivity contribution < 1.29 is 18.1 Å². The Bertz CT molecular complexity index is 650. The van der Waals surface area contributed by atoms with Gasteiger partial charge in [0.1, 0.15) is 17.3 Å². The molecule has 0 N–H and O–H groups in total. The van der Waals surface area contributed by atoms with Gasteiger partial charge in [-0.05, 0) is 36.8 Å². The van der Waals surface area contributed by atoms with Crippen molar-refractivity contribution in [1.29, 1.82) is 0 Å². The fourth-order valence-corrected chi connectivity index (χ4v) is 2.79. The number of phosphoric acid groups is 1. The minimum atomic E-state index is -3.93. The molecule has 5 heteroatoms. The molecule has 0 saturated heterocycles. The molecule has 4 nitrogen and oxygen atoms in total. The first-order chi connectivity index (χ1) is 10.5. The van der Waals surface area contributed by atoms with Crippen LogP contribution in [0.2, 0.25) is 0 Å². The standard InChI is InChI=1S/C17H17O4P/c1-14(2)15(3)19-22(18,20-16-10-6-4-7-11-16)21-17-12-8-5-9-13-17/h4-13H,1,3H2,2H3. The molecule has 0 fully saturated rings. The van der Waals surface area contributed by atoms with E-state index in [0.29, 0.717) is 17.1 Å². The molecule has 0 aliphatic rings. The minimum absolute atomic E-state index is 0.148. The first-order valence-corrected chi connectivity index (χ1v) is 8.08. The lowest BCUT2D eigenvalue weighted by atomic mass is 10.3. The fourth-order valence-electron chi connectivity index (χ4n) is 1.49. The lowest BCUT2D eigenvalue weighted by molar-refractivity contribution is 0.261. The molecule has 114 valence electrons. The lowest BCUT2D eigenvalue weighted by Gasteiger charge is -2.20. The van der Waals surface area contributed by atoms with Gasteiger partial charge in [-0.15, -0.1) is 0 Å². The van der Waals surface area contributed by atoms with Crippen LogP contribution < -0.4 is 9.05 Å². The average Bonchev–Trinajstić information content (AvgIpc) is 2.48. The molecule has 2 aromatic rings. The number of benzene rings is 2. The van der Waals surface area contributed by atoms with Gasteiger partial charge in [0, 0.05) is 0 Å². The van der Waals surface area contributed by atoms with Crippen molar-refractivity contribution in [3.05, 3.63) is 85.2 Å². The van der Waals surface area contributed by atoms with E-state index >= 15 is 0 Å². The first-order valence-electron chi connectivity index (χ1n) is 6.62. The predicted molar refractivity (Wildman–Crippen MR) is 86.8 cm³/mol. The topological polar surface area (TPSA) is 44.8 Å². The van der Waals surface area contributed by atoms with E-state index in [1.165, 1.54) is 0 Å². The zero-order valence-corrected chi connectivity index (χ0v) is 13.2. The van der Waals surface area contributed by atoms with Gasteiger partial charge >= 0.3 is 7.82 Å². The molecule has 0 spiro atoms. The normalized spacial score (nSPS) is 10.6. The SMILES string of the molecule is C=C(C)C(=C)OP(=O)(Oc1ccccc1)Oc1ccccc1. The highest BCUT2D eigenvalue weighted by Gasteiger charge is 2.33. The Morgan fingerprint density at radius 3 is 1.64 bits per heavy atom.